The molecule has 128 valence electrons. The number of carbonyl (C=O) groups is 1. The molecule has 1 aromatic carbocycles. The minimum atomic E-state index is -0.803. The number of carbonyl (C=O) groups excluding carboxylic acids is 1. The van der Waals surface area contributed by atoms with Crippen LogP contribution >= 0.6 is 0 Å². The average Bonchev–Trinajstić information content (AvgIpc) is 2.58. The highest BCUT2D eigenvalue weighted by atomic mass is 19.1. The van der Waals surface area contributed by atoms with E-state index in [9.17, 15) is 13.6 Å². The van der Waals surface area contributed by atoms with E-state index in [-0.39, 0.29) is 11.3 Å². The minimum absolute atomic E-state index is 0.0160. The summed E-state index contributed by atoms with van der Waals surface area (Å²) in [6.07, 6.45) is 1.11. The van der Waals surface area contributed by atoms with Crippen molar-refractivity contribution in [2.45, 2.75) is 0 Å². The summed E-state index contributed by atoms with van der Waals surface area (Å²) < 4.78 is 26.3. The summed E-state index contributed by atoms with van der Waals surface area (Å²) in [5.41, 5.74) is -0.197. The number of nitrogens with zero attached hydrogens (tertiary/aromatic N) is 2. The van der Waals surface area contributed by atoms with Crippen LogP contribution in [0.15, 0.2) is 30.0 Å². The summed E-state index contributed by atoms with van der Waals surface area (Å²) in [5, 5.41) is 17.4. The number of anilines is 1. The van der Waals surface area contributed by atoms with E-state index < -0.39 is 17.5 Å². The molecular weight excluding hydrogens is 316 g/mol. The summed E-state index contributed by atoms with van der Waals surface area (Å²) >= 11 is 0. The van der Waals surface area contributed by atoms with Gasteiger partial charge in [-0.3, -0.25) is 9.69 Å². The monoisotopic (exact) mass is 335 g/mol. The van der Waals surface area contributed by atoms with Crippen molar-refractivity contribution in [3.63, 3.8) is 0 Å². The molecule has 0 unspecified atom stereocenters. The lowest BCUT2D eigenvalue weighted by Crippen LogP contribution is -2.46. The van der Waals surface area contributed by atoms with E-state index in [2.05, 4.69) is 20.9 Å². The van der Waals surface area contributed by atoms with E-state index in [1.165, 1.54) is 6.07 Å². The van der Waals surface area contributed by atoms with E-state index in [4.69, 9.17) is 5.26 Å². The molecule has 2 rings (SSSR count). The molecule has 3 N–H and O–H groups in total. The predicted octanol–water partition coefficient (Wildman–Crippen LogP) is 0.806. The van der Waals surface area contributed by atoms with Crippen LogP contribution in [0.4, 0.5) is 14.5 Å². The highest BCUT2D eigenvalue weighted by Crippen LogP contribution is 2.15. The summed E-state index contributed by atoms with van der Waals surface area (Å²) in [7, 11) is 0. The van der Waals surface area contributed by atoms with Gasteiger partial charge in [0.1, 0.15) is 23.3 Å². The molecule has 1 aliphatic heterocycles. The quantitative estimate of drug-likeness (QED) is 0.529. The van der Waals surface area contributed by atoms with Crippen molar-refractivity contribution in [2.24, 2.45) is 0 Å². The molecule has 1 fully saturated rings. The van der Waals surface area contributed by atoms with Gasteiger partial charge in [0.25, 0.3) is 5.91 Å². The van der Waals surface area contributed by atoms with Gasteiger partial charge in [0.2, 0.25) is 0 Å². The highest BCUT2D eigenvalue weighted by Gasteiger charge is 2.12. The standard InChI is InChI=1S/C16H19F2N5O/c17-13-1-2-15(14(18)9-13)22-11-12(10-19)16(24)21-5-8-23-6-3-20-4-7-23/h1-2,9,11,20,22H,3-8H2,(H,21,24)/b12-11-. The Bertz CT molecular complexity index is 650. The lowest BCUT2D eigenvalue weighted by atomic mass is 10.2. The molecule has 0 bridgehead atoms. The van der Waals surface area contributed by atoms with Crippen LogP contribution in [0.25, 0.3) is 0 Å². The number of hydrogen-bond acceptors (Lipinski definition) is 5. The SMILES string of the molecule is N#C/C(=C/Nc1ccc(F)cc1F)C(=O)NCCN1CCNCC1. The zero-order valence-corrected chi connectivity index (χ0v) is 13.1. The lowest BCUT2D eigenvalue weighted by molar-refractivity contribution is -0.117. The normalized spacial score (nSPS) is 15.6. The molecule has 0 atom stereocenters. The first-order valence-electron chi connectivity index (χ1n) is 7.63. The van der Waals surface area contributed by atoms with E-state index in [0.29, 0.717) is 13.1 Å². The fraction of sp³-hybridized carbons (Fsp3) is 0.375. The Hall–Kier alpha value is -2.50. The summed E-state index contributed by atoms with van der Waals surface area (Å²) in [5.74, 6) is -2.04. The van der Waals surface area contributed by atoms with Gasteiger partial charge in [-0.2, -0.15) is 5.26 Å². The maximum atomic E-state index is 13.5. The zero-order valence-electron chi connectivity index (χ0n) is 13.1. The number of benzene rings is 1. The van der Waals surface area contributed by atoms with Crippen molar-refractivity contribution in [1.29, 1.82) is 5.26 Å². The second kappa shape index (κ2) is 8.96. The Morgan fingerprint density at radius 2 is 2.12 bits per heavy atom. The van der Waals surface area contributed by atoms with Crippen LogP contribution in [-0.2, 0) is 4.79 Å². The smallest absolute Gasteiger partial charge is 0.263 e. The van der Waals surface area contributed by atoms with Gasteiger partial charge in [-0.1, -0.05) is 0 Å². The second-order valence-corrected chi connectivity index (χ2v) is 5.29. The van der Waals surface area contributed by atoms with E-state index >= 15 is 0 Å². The van der Waals surface area contributed by atoms with E-state index in [0.717, 1.165) is 44.5 Å². The Balaban J connectivity index is 1.85. The zero-order chi connectivity index (χ0) is 17.4. The molecule has 1 aromatic rings. The molecule has 0 aromatic heterocycles. The topological polar surface area (TPSA) is 80.2 Å². The molecule has 6 nitrogen and oxygen atoms in total. The van der Waals surface area contributed by atoms with Crippen LogP contribution in [0.1, 0.15) is 0 Å². The van der Waals surface area contributed by atoms with Crippen molar-refractivity contribution in [2.75, 3.05) is 44.6 Å². The van der Waals surface area contributed by atoms with E-state index in [1.54, 1.807) is 6.07 Å². The molecule has 0 spiro atoms. The summed E-state index contributed by atoms with van der Waals surface area (Å²) in [6, 6.07) is 4.75. The molecule has 1 amide bonds. The van der Waals surface area contributed by atoms with E-state index in [1.807, 2.05) is 0 Å². The molecule has 1 heterocycles. The number of nitriles is 1. The molecule has 8 heteroatoms. The fourth-order valence-electron chi connectivity index (χ4n) is 2.26. The third kappa shape index (κ3) is 5.30. The molecule has 1 aliphatic rings. The van der Waals surface area contributed by atoms with Gasteiger partial charge in [-0.25, -0.2) is 8.78 Å². The Kier molecular flexibility index (Phi) is 6.66. The molecule has 1 saturated heterocycles. The van der Waals surface area contributed by atoms with Gasteiger partial charge in [-0.15, -0.1) is 0 Å². The number of piperazine rings is 1. The molecule has 0 aliphatic carbocycles. The Morgan fingerprint density at radius 1 is 1.38 bits per heavy atom. The molecular formula is C16H19F2N5O. The van der Waals surface area contributed by atoms with Crippen molar-refractivity contribution >= 4 is 11.6 Å². The minimum Gasteiger partial charge on any atom is -0.358 e. The van der Waals surface area contributed by atoms with Crippen LogP contribution in [0, 0.1) is 23.0 Å². The lowest BCUT2D eigenvalue weighted by Gasteiger charge is -2.27. The summed E-state index contributed by atoms with van der Waals surface area (Å²) in [4.78, 5) is 14.2. The van der Waals surface area contributed by atoms with Gasteiger partial charge in [0.05, 0.1) is 5.69 Å². The first kappa shape index (κ1) is 17.8. The maximum Gasteiger partial charge on any atom is 0.263 e. The molecule has 24 heavy (non-hydrogen) atoms. The number of rotatable bonds is 6. The average molecular weight is 335 g/mol. The number of nitrogens with one attached hydrogen (secondary N) is 3. The van der Waals surface area contributed by atoms with Gasteiger partial charge in [0, 0.05) is 51.5 Å². The van der Waals surface area contributed by atoms with Gasteiger partial charge < -0.3 is 16.0 Å². The van der Waals surface area contributed by atoms with Crippen LogP contribution in [0.2, 0.25) is 0 Å². The van der Waals surface area contributed by atoms with Crippen molar-refractivity contribution in [1.82, 2.24) is 15.5 Å². The second-order valence-electron chi connectivity index (χ2n) is 5.29. The van der Waals surface area contributed by atoms with Crippen LogP contribution in [-0.4, -0.2) is 50.1 Å². The number of amides is 1. The van der Waals surface area contributed by atoms with Crippen LogP contribution < -0.4 is 16.0 Å². The molecule has 0 radical (unpaired) electrons. The first-order valence-corrected chi connectivity index (χ1v) is 7.63. The van der Waals surface area contributed by atoms with Crippen molar-refractivity contribution in [3.05, 3.63) is 41.6 Å². The highest BCUT2D eigenvalue weighted by molar-refractivity contribution is 5.97. The Morgan fingerprint density at radius 3 is 2.79 bits per heavy atom. The van der Waals surface area contributed by atoms with Gasteiger partial charge in [0.15, 0.2) is 0 Å². The number of halogens is 2. The Labute approximate surface area is 139 Å². The first-order chi connectivity index (χ1) is 11.6. The summed E-state index contributed by atoms with van der Waals surface area (Å²) in [6.45, 7) is 4.80. The van der Waals surface area contributed by atoms with Crippen LogP contribution in [0.5, 0.6) is 0 Å². The fourth-order valence-corrected chi connectivity index (χ4v) is 2.26. The van der Waals surface area contributed by atoms with Crippen LogP contribution in [0.3, 0.4) is 0 Å². The third-order valence-electron chi connectivity index (χ3n) is 3.59. The maximum absolute atomic E-state index is 13.5. The third-order valence-corrected chi connectivity index (χ3v) is 3.59. The van der Waals surface area contributed by atoms with Gasteiger partial charge >= 0.3 is 0 Å². The molecule has 0 saturated carbocycles. The van der Waals surface area contributed by atoms with Crippen molar-refractivity contribution < 1.29 is 13.6 Å². The number of hydrogen-bond donors (Lipinski definition) is 3. The predicted molar refractivity (Wildman–Crippen MR) is 86.0 cm³/mol. The van der Waals surface area contributed by atoms with Crippen molar-refractivity contribution in [3.8, 4) is 6.07 Å². The van der Waals surface area contributed by atoms with Gasteiger partial charge in [-0.05, 0) is 12.1 Å². The largest absolute Gasteiger partial charge is 0.358 e.